The van der Waals surface area contributed by atoms with Gasteiger partial charge < -0.3 is 15.1 Å². The van der Waals surface area contributed by atoms with Crippen LogP contribution in [0, 0.1) is 12.7 Å². The third kappa shape index (κ3) is 4.11. The van der Waals surface area contributed by atoms with Crippen LogP contribution in [0.1, 0.15) is 10.7 Å². The summed E-state index contributed by atoms with van der Waals surface area (Å²) in [4.78, 5) is 23.3. The number of anilines is 2. The molecule has 0 saturated heterocycles. The number of fused-ring (bicyclic) bond motifs is 1. The number of hydrazine groups is 2. The maximum Gasteiger partial charge on any atom is 0.248 e. The van der Waals surface area contributed by atoms with E-state index in [4.69, 9.17) is 9.72 Å². The van der Waals surface area contributed by atoms with Gasteiger partial charge in [0.2, 0.25) is 5.91 Å². The summed E-state index contributed by atoms with van der Waals surface area (Å²) in [5.74, 6) is -0.466. The molecule has 8 nitrogen and oxygen atoms in total. The van der Waals surface area contributed by atoms with E-state index in [0.717, 1.165) is 21.3 Å². The van der Waals surface area contributed by atoms with Gasteiger partial charge in [0.15, 0.2) is 5.82 Å². The smallest absolute Gasteiger partial charge is 0.248 e. The number of aromatic nitrogens is 2. The van der Waals surface area contributed by atoms with Crippen molar-refractivity contribution in [3.63, 3.8) is 0 Å². The molecule has 0 atom stereocenters. The lowest BCUT2D eigenvalue weighted by molar-refractivity contribution is -0.133. The first-order valence-electron chi connectivity index (χ1n) is 9.25. The Morgan fingerprint density at radius 3 is 2.80 bits per heavy atom. The van der Waals surface area contributed by atoms with Crippen molar-refractivity contribution < 1.29 is 13.9 Å². The Morgan fingerprint density at radius 1 is 1.20 bits per heavy atom. The van der Waals surface area contributed by atoms with Crippen LogP contribution in [0.4, 0.5) is 15.8 Å². The number of hydrogen-bond acceptors (Lipinski definition) is 8. The van der Waals surface area contributed by atoms with Gasteiger partial charge in [-0.3, -0.25) is 10.2 Å². The predicted molar refractivity (Wildman–Crippen MR) is 114 cm³/mol. The molecule has 1 aromatic carbocycles. The van der Waals surface area contributed by atoms with E-state index < -0.39 is 0 Å². The molecule has 1 amide bonds. The standard InChI is InChI=1S/C20H21FN6O2S/c1-11-20(30-17(22-11)9-29-10-18(28)27(2)3)15-6-4-5-14(23-15)12-7-13(21)19-16(8-12)24-26-25-19/h4-8,24-26H,9-10H2,1-3H3. The minimum atomic E-state index is -0.368. The number of nitrogens with one attached hydrogen (secondary N) is 3. The largest absolute Gasteiger partial charge is 0.364 e. The van der Waals surface area contributed by atoms with Gasteiger partial charge >= 0.3 is 0 Å². The lowest BCUT2D eigenvalue weighted by atomic mass is 10.1. The highest BCUT2D eigenvalue weighted by atomic mass is 32.1. The SMILES string of the molecule is Cc1nc(COCC(=O)N(C)C)sc1-c1cccc(-c2cc(F)c3c(c2)NNN3)n1. The van der Waals surface area contributed by atoms with E-state index in [2.05, 4.69) is 21.4 Å². The fraction of sp³-hybridized carbons (Fsp3) is 0.250. The fourth-order valence-electron chi connectivity index (χ4n) is 2.97. The average Bonchev–Trinajstić information content (AvgIpc) is 3.34. The maximum atomic E-state index is 14.3. The van der Waals surface area contributed by atoms with Crippen LogP contribution in [0.3, 0.4) is 0 Å². The average molecular weight is 428 g/mol. The van der Waals surface area contributed by atoms with Gasteiger partial charge in [0.25, 0.3) is 0 Å². The van der Waals surface area contributed by atoms with Crippen LogP contribution in [0.5, 0.6) is 0 Å². The second kappa shape index (κ2) is 8.34. The lowest BCUT2D eigenvalue weighted by Gasteiger charge is -2.09. The van der Waals surface area contributed by atoms with Crippen molar-refractivity contribution in [3.8, 4) is 21.8 Å². The van der Waals surface area contributed by atoms with Crippen LogP contribution < -0.4 is 16.4 Å². The van der Waals surface area contributed by atoms with Crippen LogP contribution >= 0.6 is 11.3 Å². The Kier molecular flexibility index (Phi) is 5.62. The molecule has 0 radical (unpaired) electrons. The Bertz CT molecular complexity index is 1100. The Hall–Kier alpha value is -3.08. The van der Waals surface area contributed by atoms with E-state index in [-0.39, 0.29) is 24.9 Å². The molecule has 0 saturated carbocycles. The van der Waals surface area contributed by atoms with E-state index in [1.54, 1.807) is 14.1 Å². The zero-order valence-electron chi connectivity index (χ0n) is 16.7. The second-order valence-corrected chi connectivity index (χ2v) is 8.05. The van der Waals surface area contributed by atoms with Crippen molar-refractivity contribution in [1.29, 1.82) is 0 Å². The number of rotatable bonds is 6. The number of ether oxygens (including phenoxy) is 1. The highest BCUT2D eigenvalue weighted by molar-refractivity contribution is 7.15. The third-order valence-corrected chi connectivity index (χ3v) is 5.70. The first kappa shape index (κ1) is 20.2. The molecule has 0 bridgehead atoms. The molecule has 3 N–H and O–H groups in total. The predicted octanol–water partition coefficient (Wildman–Crippen LogP) is 3.18. The minimum Gasteiger partial charge on any atom is -0.364 e. The second-order valence-electron chi connectivity index (χ2n) is 6.97. The number of thiazole rings is 1. The molecular formula is C20H21FN6O2S. The summed E-state index contributed by atoms with van der Waals surface area (Å²) in [7, 11) is 3.37. The van der Waals surface area contributed by atoms with Crippen LogP contribution in [-0.2, 0) is 16.1 Å². The normalized spacial score (nSPS) is 12.3. The summed E-state index contributed by atoms with van der Waals surface area (Å²) < 4.78 is 19.8. The van der Waals surface area contributed by atoms with Gasteiger partial charge in [-0.15, -0.1) is 16.9 Å². The van der Waals surface area contributed by atoms with E-state index in [1.165, 1.54) is 22.3 Å². The molecule has 1 aliphatic rings. The number of halogens is 1. The molecule has 0 unspecified atom stereocenters. The highest BCUT2D eigenvalue weighted by Gasteiger charge is 2.18. The third-order valence-electron chi connectivity index (χ3n) is 4.54. The zero-order chi connectivity index (χ0) is 21.3. The molecule has 156 valence electrons. The number of pyridine rings is 1. The Labute approximate surface area is 177 Å². The summed E-state index contributed by atoms with van der Waals surface area (Å²) in [5.41, 5.74) is 12.2. The number of amides is 1. The highest BCUT2D eigenvalue weighted by Crippen LogP contribution is 2.34. The van der Waals surface area contributed by atoms with Gasteiger partial charge in [-0.25, -0.2) is 14.4 Å². The summed E-state index contributed by atoms with van der Waals surface area (Å²) in [5, 5.41) is 0.770. The number of benzene rings is 1. The number of nitrogens with zero attached hydrogens (tertiary/aromatic N) is 3. The number of hydrogen-bond donors (Lipinski definition) is 3. The van der Waals surface area contributed by atoms with E-state index in [9.17, 15) is 9.18 Å². The van der Waals surface area contributed by atoms with Gasteiger partial charge in [-0.2, -0.15) is 0 Å². The van der Waals surface area contributed by atoms with Crippen molar-refractivity contribution in [1.82, 2.24) is 20.4 Å². The molecule has 1 aliphatic heterocycles. The van der Waals surface area contributed by atoms with Crippen molar-refractivity contribution in [2.45, 2.75) is 13.5 Å². The van der Waals surface area contributed by atoms with Gasteiger partial charge in [0.1, 0.15) is 17.3 Å². The Balaban J connectivity index is 1.55. The molecular weight excluding hydrogens is 407 g/mol. The quantitative estimate of drug-likeness (QED) is 0.555. The van der Waals surface area contributed by atoms with Crippen molar-refractivity contribution >= 4 is 28.6 Å². The first-order chi connectivity index (χ1) is 14.4. The number of aryl methyl sites for hydroxylation is 1. The molecule has 2 aromatic heterocycles. The summed E-state index contributed by atoms with van der Waals surface area (Å²) in [6.07, 6.45) is 0. The number of likely N-dealkylation sites (N-methyl/N-ethyl adjacent to an activating group) is 1. The van der Waals surface area contributed by atoms with Crippen LogP contribution in [0.2, 0.25) is 0 Å². The van der Waals surface area contributed by atoms with Gasteiger partial charge in [-0.05, 0) is 31.2 Å². The fourth-order valence-corrected chi connectivity index (χ4v) is 3.94. The Morgan fingerprint density at radius 2 is 2.00 bits per heavy atom. The van der Waals surface area contributed by atoms with Gasteiger partial charge in [-0.1, -0.05) is 6.07 Å². The minimum absolute atomic E-state index is 0.0103. The zero-order valence-corrected chi connectivity index (χ0v) is 17.6. The first-order valence-corrected chi connectivity index (χ1v) is 10.1. The molecule has 30 heavy (non-hydrogen) atoms. The maximum absolute atomic E-state index is 14.3. The van der Waals surface area contributed by atoms with E-state index in [0.29, 0.717) is 22.6 Å². The molecule has 0 aliphatic carbocycles. The molecule has 0 fully saturated rings. The van der Waals surface area contributed by atoms with E-state index in [1.807, 2.05) is 31.2 Å². The number of carbonyl (C=O) groups excluding carboxylic acids is 1. The van der Waals surface area contributed by atoms with Gasteiger partial charge in [0, 0.05) is 19.7 Å². The van der Waals surface area contributed by atoms with Crippen molar-refractivity contribution in [2.24, 2.45) is 0 Å². The topological polar surface area (TPSA) is 91.4 Å². The van der Waals surface area contributed by atoms with Crippen LogP contribution in [0.25, 0.3) is 21.8 Å². The van der Waals surface area contributed by atoms with E-state index >= 15 is 0 Å². The summed E-state index contributed by atoms with van der Waals surface area (Å²) in [6, 6.07) is 8.91. The van der Waals surface area contributed by atoms with Gasteiger partial charge in [0.05, 0.1) is 34.3 Å². The van der Waals surface area contributed by atoms with Crippen LogP contribution in [-0.4, -0.2) is 41.5 Å². The number of carbonyl (C=O) groups is 1. The molecule has 10 heteroatoms. The molecule has 0 spiro atoms. The molecule has 3 aromatic rings. The van der Waals surface area contributed by atoms with Crippen molar-refractivity contribution in [2.75, 3.05) is 31.6 Å². The summed E-state index contributed by atoms with van der Waals surface area (Å²) >= 11 is 1.47. The molecule has 3 heterocycles. The lowest BCUT2D eigenvalue weighted by Crippen LogP contribution is -2.26. The monoisotopic (exact) mass is 428 g/mol. The summed E-state index contributed by atoms with van der Waals surface area (Å²) in [6.45, 7) is 2.17. The van der Waals surface area contributed by atoms with Crippen molar-refractivity contribution in [3.05, 3.63) is 46.9 Å². The van der Waals surface area contributed by atoms with Crippen LogP contribution in [0.15, 0.2) is 30.3 Å². The molecule has 4 rings (SSSR count).